The van der Waals surface area contributed by atoms with Crippen LogP contribution in [-0.2, 0) is 0 Å². The molecule has 0 amide bonds. The summed E-state index contributed by atoms with van der Waals surface area (Å²) >= 11 is 7.21. The van der Waals surface area contributed by atoms with Crippen LogP contribution in [0.1, 0.15) is 4.88 Å². The summed E-state index contributed by atoms with van der Waals surface area (Å²) in [6.45, 7) is 0. The van der Waals surface area contributed by atoms with E-state index >= 15 is 0 Å². The van der Waals surface area contributed by atoms with Crippen LogP contribution >= 0.6 is 22.9 Å². The van der Waals surface area contributed by atoms with Crippen molar-refractivity contribution in [3.05, 3.63) is 34.6 Å². The van der Waals surface area contributed by atoms with Gasteiger partial charge in [-0.15, -0.1) is 11.3 Å². The summed E-state index contributed by atoms with van der Waals surface area (Å²) in [6, 6.07) is 5.62. The molecule has 0 saturated carbocycles. The lowest BCUT2D eigenvalue weighted by Gasteiger charge is -1.96. The molecule has 0 spiro atoms. The van der Waals surface area contributed by atoms with E-state index in [-0.39, 0.29) is 0 Å². The summed E-state index contributed by atoms with van der Waals surface area (Å²) in [5, 5.41) is 9.02. The molecule has 0 radical (unpaired) electrons. The molecule has 2 aromatic rings. The Morgan fingerprint density at radius 2 is 2.07 bits per heavy atom. The summed E-state index contributed by atoms with van der Waals surface area (Å²) in [4.78, 5) is 9.52. The molecule has 14 heavy (non-hydrogen) atoms. The first-order valence-corrected chi connectivity index (χ1v) is 4.97. The Morgan fingerprint density at radius 1 is 1.29 bits per heavy atom. The van der Waals surface area contributed by atoms with Crippen LogP contribution in [0.25, 0.3) is 10.6 Å². The Bertz CT molecular complexity index is 501. The number of halogens is 1. The van der Waals surface area contributed by atoms with Crippen LogP contribution in [0.3, 0.4) is 0 Å². The van der Waals surface area contributed by atoms with Crippen LogP contribution < -0.4 is 0 Å². The molecule has 5 heteroatoms. The molecule has 0 unspecified atom stereocenters. The molecule has 0 bridgehead atoms. The van der Waals surface area contributed by atoms with Gasteiger partial charge in [0.05, 0.1) is 4.88 Å². The zero-order valence-electron chi connectivity index (χ0n) is 6.94. The fourth-order valence-electron chi connectivity index (χ4n) is 1.01. The van der Waals surface area contributed by atoms with E-state index in [0.717, 1.165) is 4.88 Å². The second-order valence-electron chi connectivity index (χ2n) is 2.47. The Kier molecular flexibility index (Phi) is 2.44. The minimum atomic E-state index is 0.360. The van der Waals surface area contributed by atoms with Crippen molar-refractivity contribution in [2.45, 2.75) is 0 Å². The minimum Gasteiger partial charge on any atom is -0.251 e. The van der Waals surface area contributed by atoms with Crippen molar-refractivity contribution in [1.29, 1.82) is 5.26 Å². The number of aromatic nitrogens is 2. The SMILES string of the molecule is N#Cc1ccc(-c2nccnc2Cl)s1. The molecule has 0 aliphatic rings. The molecule has 2 heterocycles. The molecule has 0 atom stereocenters. The molecule has 0 aromatic carbocycles. The van der Waals surface area contributed by atoms with Gasteiger partial charge in [0.1, 0.15) is 16.6 Å². The first-order chi connectivity index (χ1) is 6.81. The van der Waals surface area contributed by atoms with Crippen LogP contribution in [0.4, 0.5) is 0 Å². The smallest absolute Gasteiger partial charge is 0.156 e. The van der Waals surface area contributed by atoms with Crippen molar-refractivity contribution in [3.8, 4) is 16.6 Å². The quantitative estimate of drug-likeness (QED) is 0.744. The lowest BCUT2D eigenvalue weighted by atomic mass is 10.3. The number of nitrogens with zero attached hydrogens (tertiary/aromatic N) is 3. The fourth-order valence-corrected chi connectivity index (χ4v) is 2.08. The third-order valence-electron chi connectivity index (χ3n) is 1.60. The Morgan fingerprint density at radius 3 is 2.71 bits per heavy atom. The lowest BCUT2D eigenvalue weighted by molar-refractivity contribution is 1.21. The molecule has 0 fully saturated rings. The number of hydrogen-bond donors (Lipinski definition) is 0. The summed E-state index contributed by atoms with van der Waals surface area (Å²) in [5.41, 5.74) is 0.626. The molecular formula is C9H4ClN3S. The third kappa shape index (κ3) is 1.60. The maximum atomic E-state index is 8.66. The van der Waals surface area contributed by atoms with Crippen molar-refractivity contribution < 1.29 is 0 Å². The summed E-state index contributed by atoms with van der Waals surface area (Å²) in [7, 11) is 0. The molecule has 0 N–H and O–H groups in total. The maximum Gasteiger partial charge on any atom is 0.156 e. The van der Waals surface area contributed by atoms with Gasteiger partial charge in [-0.1, -0.05) is 11.6 Å². The Balaban J connectivity index is 2.51. The van der Waals surface area contributed by atoms with E-state index in [2.05, 4.69) is 16.0 Å². The highest BCUT2D eigenvalue weighted by Crippen LogP contribution is 2.29. The normalized spacial score (nSPS) is 9.71. The highest BCUT2D eigenvalue weighted by atomic mass is 35.5. The molecule has 2 rings (SSSR count). The van der Waals surface area contributed by atoms with Crippen LogP contribution in [0.5, 0.6) is 0 Å². The largest absolute Gasteiger partial charge is 0.251 e. The zero-order valence-corrected chi connectivity index (χ0v) is 8.51. The third-order valence-corrected chi connectivity index (χ3v) is 2.88. The predicted molar refractivity (Wildman–Crippen MR) is 55.1 cm³/mol. The fraction of sp³-hybridized carbons (Fsp3) is 0. The van der Waals surface area contributed by atoms with E-state index in [1.54, 1.807) is 12.3 Å². The van der Waals surface area contributed by atoms with Gasteiger partial charge < -0.3 is 0 Å². The van der Waals surface area contributed by atoms with Crippen LogP contribution in [0.2, 0.25) is 5.15 Å². The summed E-state index contributed by atoms with van der Waals surface area (Å²) in [6.07, 6.45) is 3.11. The van der Waals surface area contributed by atoms with Crippen LogP contribution in [-0.4, -0.2) is 9.97 Å². The maximum absolute atomic E-state index is 8.66. The second-order valence-corrected chi connectivity index (χ2v) is 3.91. The topological polar surface area (TPSA) is 49.6 Å². The van der Waals surface area contributed by atoms with E-state index in [1.165, 1.54) is 17.5 Å². The zero-order chi connectivity index (χ0) is 9.97. The minimum absolute atomic E-state index is 0.360. The van der Waals surface area contributed by atoms with Gasteiger partial charge in [0.2, 0.25) is 0 Å². The van der Waals surface area contributed by atoms with Gasteiger partial charge >= 0.3 is 0 Å². The van der Waals surface area contributed by atoms with Crippen molar-refractivity contribution in [1.82, 2.24) is 9.97 Å². The van der Waals surface area contributed by atoms with E-state index in [4.69, 9.17) is 16.9 Å². The molecule has 2 aromatic heterocycles. The Labute approximate surface area is 89.6 Å². The van der Waals surface area contributed by atoms with Crippen molar-refractivity contribution in [3.63, 3.8) is 0 Å². The van der Waals surface area contributed by atoms with Gasteiger partial charge in [0.25, 0.3) is 0 Å². The van der Waals surface area contributed by atoms with E-state index in [0.29, 0.717) is 15.7 Å². The summed E-state index contributed by atoms with van der Waals surface area (Å²) < 4.78 is 0. The number of thiophene rings is 1. The van der Waals surface area contributed by atoms with E-state index in [9.17, 15) is 0 Å². The predicted octanol–water partition coefficient (Wildman–Crippen LogP) is 2.73. The number of hydrogen-bond acceptors (Lipinski definition) is 4. The van der Waals surface area contributed by atoms with Crippen LogP contribution in [0, 0.1) is 11.3 Å². The first-order valence-electron chi connectivity index (χ1n) is 3.78. The average Bonchev–Trinajstić information content (AvgIpc) is 2.67. The Hall–Kier alpha value is -1.44. The number of rotatable bonds is 1. The molecular weight excluding hydrogens is 218 g/mol. The van der Waals surface area contributed by atoms with Gasteiger partial charge in [-0.25, -0.2) is 4.98 Å². The first kappa shape index (κ1) is 9.13. The second kappa shape index (κ2) is 3.74. The van der Waals surface area contributed by atoms with Gasteiger partial charge in [0.15, 0.2) is 5.15 Å². The highest BCUT2D eigenvalue weighted by molar-refractivity contribution is 7.16. The van der Waals surface area contributed by atoms with Gasteiger partial charge in [-0.2, -0.15) is 5.26 Å². The van der Waals surface area contributed by atoms with Gasteiger partial charge in [-0.05, 0) is 12.1 Å². The van der Waals surface area contributed by atoms with Crippen molar-refractivity contribution >= 4 is 22.9 Å². The molecule has 0 aliphatic heterocycles. The van der Waals surface area contributed by atoms with Gasteiger partial charge in [-0.3, -0.25) is 4.98 Å². The van der Waals surface area contributed by atoms with E-state index in [1.807, 2.05) is 6.07 Å². The van der Waals surface area contributed by atoms with Crippen molar-refractivity contribution in [2.24, 2.45) is 0 Å². The molecule has 0 aliphatic carbocycles. The monoisotopic (exact) mass is 221 g/mol. The number of nitriles is 1. The van der Waals surface area contributed by atoms with Crippen molar-refractivity contribution in [2.75, 3.05) is 0 Å². The standard InChI is InChI=1S/C9H4ClN3S/c10-9-8(12-3-4-13-9)7-2-1-6(5-11)14-7/h1-4H. The lowest BCUT2D eigenvalue weighted by Crippen LogP contribution is -1.83. The highest BCUT2D eigenvalue weighted by Gasteiger charge is 2.08. The van der Waals surface area contributed by atoms with E-state index < -0.39 is 0 Å². The summed E-state index contributed by atoms with van der Waals surface area (Å²) in [5.74, 6) is 0. The van der Waals surface area contributed by atoms with Gasteiger partial charge in [0, 0.05) is 12.4 Å². The molecule has 0 saturated heterocycles. The average molecular weight is 222 g/mol. The molecule has 3 nitrogen and oxygen atoms in total. The molecule has 68 valence electrons. The van der Waals surface area contributed by atoms with Crippen LogP contribution in [0.15, 0.2) is 24.5 Å².